The van der Waals surface area contributed by atoms with Crippen LogP contribution < -0.4 is 5.73 Å². The monoisotopic (exact) mass is 413 g/mol. The predicted octanol–water partition coefficient (Wildman–Crippen LogP) is 1.20. The van der Waals surface area contributed by atoms with E-state index in [-0.39, 0.29) is 12.0 Å². The van der Waals surface area contributed by atoms with Gasteiger partial charge in [-0.2, -0.15) is 5.26 Å². The van der Waals surface area contributed by atoms with Crippen LogP contribution in [0.4, 0.5) is 13.2 Å². The third-order valence-electron chi connectivity index (χ3n) is 3.90. The minimum Gasteiger partial charge on any atom is -0.478 e. The fourth-order valence-electron chi connectivity index (χ4n) is 2.56. The van der Waals surface area contributed by atoms with E-state index in [9.17, 15) is 27.6 Å². The van der Waals surface area contributed by atoms with Gasteiger partial charge in [-0.05, 0) is 30.9 Å². The highest BCUT2D eigenvalue weighted by Crippen LogP contribution is 2.19. The molecule has 0 unspecified atom stereocenters. The third-order valence-corrected chi connectivity index (χ3v) is 3.90. The number of carboxylic acid groups (broad SMARTS) is 2. The zero-order valence-corrected chi connectivity index (χ0v) is 15.0. The second-order valence-corrected chi connectivity index (χ2v) is 6.00. The molecule has 0 aromatic heterocycles. The zero-order chi connectivity index (χ0) is 22.1. The molecule has 2 atom stereocenters. The Labute approximate surface area is 163 Å². The summed E-state index contributed by atoms with van der Waals surface area (Å²) in [5.41, 5.74) is 5.56. The van der Waals surface area contributed by atoms with Crippen molar-refractivity contribution in [2.24, 2.45) is 5.73 Å². The Morgan fingerprint density at radius 2 is 1.72 bits per heavy atom. The number of aliphatic carboxylic acids is 2. The van der Waals surface area contributed by atoms with E-state index in [1.54, 1.807) is 0 Å². The van der Waals surface area contributed by atoms with Crippen LogP contribution in [0.1, 0.15) is 18.4 Å². The second-order valence-electron chi connectivity index (χ2n) is 6.00. The maximum Gasteiger partial charge on any atom is 0.328 e. The molecule has 1 amide bonds. The molecule has 8 nitrogen and oxygen atoms in total. The summed E-state index contributed by atoms with van der Waals surface area (Å²) in [6.45, 7) is 0.422. The molecule has 156 valence electrons. The summed E-state index contributed by atoms with van der Waals surface area (Å²) >= 11 is 0. The van der Waals surface area contributed by atoms with Crippen LogP contribution in [0.3, 0.4) is 0 Å². The van der Waals surface area contributed by atoms with Gasteiger partial charge >= 0.3 is 11.9 Å². The van der Waals surface area contributed by atoms with Gasteiger partial charge in [0.05, 0.1) is 12.1 Å². The summed E-state index contributed by atoms with van der Waals surface area (Å²) in [5, 5.41) is 24.6. The summed E-state index contributed by atoms with van der Waals surface area (Å²) in [7, 11) is 0. The van der Waals surface area contributed by atoms with Gasteiger partial charge in [-0.25, -0.2) is 22.8 Å². The first kappa shape index (κ1) is 23.6. The number of halogens is 3. The number of carboxylic acids is 2. The van der Waals surface area contributed by atoms with Crippen LogP contribution >= 0.6 is 0 Å². The molecule has 11 heteroatoms. The van der Waals surface area contributed by atoms with Gasteiger partial charge in [0.25, 0.3) is 0 Å². The summed E-state index contributed by atoms with van der Waals surface area (Å²) in [4.78, 5) is 32.6. The number of hydrogen-bond donors (Lipinski definition) is 3. The molecule has 0 bridgehead atoms. The molecule has 1 aromatic rings. The van der Waals surface area contributed by atoms with E-state index in [4.69, 9.17) is 21.2 Å². The highest BCUT2D eigenvalue weighted by Gasteiger charge is 2.32. The highest BCUT2D eigenvalue weighted by atomic mass is 19.2. The number of benzene rings is 1. The van der Waals surface area contributed by atoms with E-state index in [2.05, 4.69) is 0 Å². The average Bonchev–Trinajstić information content (AvgIpc) is 3.13. The largest absolute Gasteiger partial charge is 0.478 e. The minimum atomic E-state index is -1.29. The van der Waals surface area contributed by atoms with Crippen LogP contribution in [0, 0.1) is 28.8 Å². The molecule has 0 saturated carbocycles. The number of carbonyl (C=O) groups is 3. The van der Waals surface area contributed by atoms with Crippen LogP contribution in [0.25, 0.3) is 0 Å². The Morgan fingerprint density at radius 1 is 1.17 bits per heavy atom. The molecule has 1 fully saturated rings. The van der Waals surface area contributed by atoms with E-state index >= 15 is 0 Å². The number of likely N-dealkylation sites (tertiary alicyclic amines) is 1. The van der Waals surface area contributed by atoms with Crippen LogP contribution in [-0.2, 0) is 20.8 Å². The molecule has 4 N–H and O–H groups in total. The highest BCUT2D eigenvalue weighted by molar-refractivity contribution is 5.89. The number of rotatable bonds is 5. The first-order valence-electron chi connectivity index (χ1n) is 8.29. The van der Waals surface area contributed by atoms with Gasteiger partial charge in [-0.15, -0.1) is 0 Å². The smallest absolute Gasteiger partial charge is 0.328 e. The van der Waals surface area contributed by atoms with Crippen molar-refractivity contribution in [3.05, 3.63) is 47.3 Å². The lowest BCUT2D eigenvalue weighted by molar-refractivity contribution is -0.134. The normalized spacial score (nSPS) is 16.7. The molecule has 1 aliphatic heterocycles. The first-order chi connectivity index (χ1) is 13.6. The summed E-state index contributed by atoms with van der Waals surface area (Å²) in [5.74, 6) is -6.43. The van der Waals surface area contributed by atoms with Gasteiger partial charge in [-0.1, -0.05) is 0 Å². The molecule has 1 aliphatic rings. The maximum atomic E-state index is 13.5. The van der Waals surface area contributed by atoms with Crippen LogP contribution in [0.15, 0.2) is 24.3 Å². The molecule has 0 radical (unpaired) electrons. The van der Waals surface area contributed by atoms with Crippen molar-refractivity contribution in [1.82, 2.24) is 4.90 Å². The predicted molar refractivity (Wildman–Crippen MR) is 92.8 cm³/mol. The summed E-state index contributed by atoms with van der Waals surface area (Å²) < 4.78 is 39.5. The average molecular weight is 413 g/mol. The lowest BCUT2D eigenvalue weighted by Gasteiger charge is -2.23. The lowest BCUT2D eigenvalue weighted by Crippen LogP contribution is -2.46. The second kappa shape index (κ2) is 10.8. The van der Waals surface area contributed by atoms with E-state index in [0.29, 0.717) is 43.7 Å². The number of hydrogen-bond acceptors (Lipinski definition) is 5. The van der Waals surface area contributed by atoms with Crippen LogP contribution in [0.2, 0.25) is 0 Å². The van der Waals surface area contributed by atoms with Gasteiger partial charge in [0.2, 0.25) is 5.91 Å². The Bertz CT molecular complexity index is 838. The molecule has 0 aliphatic carbocycles. The number of nitrogens with two attached hydrogens (primary N) is 1. The van der Waals surface area contributed by atoms with E-state index < -0.39 is 47.4 Å². The van der Waals surface area contributed by atoms with Crippen molar-refractivity contribution in [2.75, 3.05) is 6.54 Å². The Morgan fingerprint density at radius 3 is 2.24 bits per heavy atom. The van der Waals surface area contributed by atoms with E-state index in [0.717, 1.165) is 0 Å². The van der Waals surface area contributed by atoms with Crippen molar-refractivity contribution in [3.63, 3.8) is 0 Å². The van der Waals surface area contributed by atoms with E-state index in [1.165, 1.54) is 4.90 Å². The molecule has 1 saturated heterocycles. The van der Waals surface area contributed by atoms with Crippen LogP contribution in [0.5, 0.6) is 0 Å². The molecular formula is C18H18F3N3O5. The van der Waals surface area contributed by atoms with Gasteiger partial charge in [0, 0.05) is 24.8 Å². The SMILES string of the molecule is N#C[C@@H]1CCCN1C(=O)[C@@H](N)Cc1cc(F)c(F)cc1F.O=C(O)/C=C/C(=O)O. The molecule has 29 heavy (non-hydrogen) atoms. The Balaban J connectivity index is 0.000000447. The van der Waals surface area contributed by atoms with Crippen molar-refractivity contribution >= 4 is 17.8 Å². The van der Waals surface area contributed by atoms with Crippen LogP contribution in [-0.4, -0.2) is 51.6 Å². The molecule has 1 heterocycles. The zero-order valence-electron chi connectivity index (χ0n) is 15.0. The van der Waals surface area contributed by atoms with Crippen molar-refractivity contribution in [3.8, 4) is 6.07 Å². The quantitative estimate of drug-likeness (QED) is 0.486. The van der Waals surface area contributed by atoms with Crippen molar-refractivity contribution < 1.29 is 37.8 Å². The lowest BCUT2D eigenvalue weighted by atomic mass is 10.0. The van der Waals surface area contributed by atoms with Gasteiger partial charge < -0.3 is 20.8 Å². The molecule has 0 spiro atoms. The number of nitriles is 1. The van der Waals surface area contributed by atoms with Crippen molar-refractivity contribution in [1.29, 1.82) is 5.26 Å². The van der Waals surface area contributed by atoms with E-state index in [1.807, 2.05) is 6.07 Å². The molecule has 2 rings (SSSR count). The minimum absolute atomic E-state index is 0.164. The van der Waals surface area contributed by atoms with Crippen molar-refractivity contribution in [2.45, 2.75) is 31.3 Å². The Hall–Kier alpha value is -3.39. The first-order valence-corrected chi connectivity index (χ1v) is 8.29. The number of carbonyl (C=O) groups excluding carboxylic acids is 1. The fraction of sp³-hybridized carbons (Fsp3) is 0.333. The summed E-state index contributed by atoms with van der Waals surface area (Å²) in [6.07, 6.45) is 2.14. The molecule has 1 aromatic carbocycles. The fourth-order valence-corrected chi connectivity index (χ4v) is 2.56. The number of amides is 1. The van der Waals surface area contributed by atoms with Gasteiger partial charge in [0.15, 0.2) is 11.6 Å². The standard InChI is InChI=1S/C14H14F3N3O.C4H4O4/c15-10-6-12(17)11(16)4-8(10)5-13(19)14(21)20-3-1-2-9(20)7-18;5-3(6)1-2-4(7)8/h4,6,9,13H,1-3,5,19H2;1-2H,(H,5,6)(H,7,8)/b;2-1+/t9-,13-;/m0./s1. The Kier molecular flexibility index (Phi) is 8.82. The summed E-state index contributed by atoms with van der Waals surface area (Å²) in [6, 6.07) is 1.50. The topological polar surface area (TPSA) is 145 Å². The number of nitrogens with zero attached hydrogens (tertiary/aromatic N) is 2. The maximum absolute atomic E-state index is 13.5. The van der Waals surface area contributed by atoms with Gasteiger partial charge in [0.1, 0.15) is 11.9 Å². The third kappa shape index (κ3) is 7.27. The molecular weight excluding hydrogens is 395 g/mol. The van der Waals surface area contributed by atoms with Gasteiger partial charge in [-0.3, -0.25) is 4.79 Å².